The van der Waals surface area contributed by atoms with Crippen LogP contribution >= 0.6 is 0 Å². The Bertz CT molecular complexity index is 467. The topological polar surface area (TPSA) is 38.0 Å². The third-order valence-electron chi connectivity index (χ3n) is 3.11. The van der Waals surface area contributed by atoms with E-state index >= 15 is 0 Å². The van der Waals surface area contributed by atoms with Gasteiger partial charge in [-0.2, -0.15) is 0 Å². The Labute approximate surface area is 109 Å². The van der Waals surface area contributed by atoms with Gasteiger partial charge in [-0.1, -0.05) is 67.6 Å². The summed E-state index contributed by atoms with van der Waals surface area (Å²) in [6.07, 6.45) is 0.783. The average Bonchev–Trinajstić information content (AvgIpc) is 2.41. The summed E-state index contributed by atoms with van der Waals surface area (Å²) >= 11 is 0. The van der Waals surface area contributed by atoms with Crippen molar-refractivity contribution >= 4 is 0 Å². The molecule has 1 atom stereocenters. The molecule has 2 rings (SSSR count). The minimum atomic E-state index is -0.503. The van der Waals surface area contributed by atoms with Crippen molar-refractivity contribution < 1.29 is 0 Å². The number of likely N-dealkylation sites (N-methyl/N-ethyl adjacent to an activating group) is 1. The van der Waals surface area contributed by atoms with E-state index in [1.165, 1.54) is 5.56 Å². The van der Waals surface area contributed by atoms with Crippen LogP contribution < -0.4 is 11.1 Å². The van der Waals surface area contributed by atoms with Crippen molar-refractivity contribution in [1.29, 1.82) is 0 Å². The van der Waals surface area contributed by atoms with Gasteiger partial charge in [-0.25, -0.2) is 0 Å². The third kappa shape index (κ3) is 2.97. The maximum Gasteiger partial charge on any atom is 0.0965 e. The second-order valence-corrected chi connectivity index (χ2v) is 4.53. The molecular formula is C16H20N2. The molecule has 0 aromatic heterocycles. The predicted octanol–water partition coefficient (Wildman–Crippen LogP) is 2.65. The number of benzene rings is 2. The lowest BCUT2D eigenvalue weighted by molar-refractivity contribution is 0.350. The van der Waals surface area contributed by atoms with Crippen LogP contribution in [0.2, 0.25) is 0 Å². The normalized spacial score (nSPS) is 14.1. The lowest BCUT2D eigenvalue weighted by Crippen LogP contribution is -2.52. The van der Waals surface area contributed by atoms with Gasteiger partial charge in [0, 0.05) is 6.42 Å². The van der Waals surface area contributed by atoms with Crippen molar-refractivity contribution in [3.8, 4) is 0 Å². The molecule has 0 amide bonds. The SMILES string of the molecule is CCNC(N)(Cc1ccccc1)c1ccccc1. The standard InChI is InChI=1S/C16H20N2/c1-2-18-16(17,15-11-7-4-8-12-15)13-14-9-5-3-6-10-14/h3-12,18H,2,13,17H2,1H3. The molecule has 94 valence electrons. The van der Waals surface area contributed by atoms with Crippen molar-refractivity contribution in [2.75, 3.05) is 6.54 Å². The molecule has 0 heterocycles. The van der Waals surface area contributed by atoms with Gasteiger partial charge in [-0.3, -0.25) is 5.32 Å². The van der Waals surface area contributed by atoms with Crippen LogP contribution in [-0.2, 0) is 12.1 Å². The summed E-state index contributed by atoms with van der Waals surface area (Å²) in [6, 6.07) is 20.6. The minimum Gasteiger partial charge on any atom is -0.309 e. The van der Waals surface area contributed by atoms with E-state index in [0.29, 0.717) is 0 Å². The van der Waals surface area contributed by atoms with E-state index in [0.717, 1.165) is 18.5 Å². The highest BCUT2D eigenvalue weighted by Crippen LogP contribution is 2.20. The molecule has 0 aliphatic rings. The van der Waals surface area contributed by atoms with Gasteiger partial charge in [0.25, 0.3) is 0 Å². The zero-order chi connectivity index (χ0) is 12.8. The van der Waals surface area contributed by atoms with Crippen LogP contribution in [0.15, 0.2) is 60.7 Å². The van der Waals surface area contributed by atoms with Crippen LogP contribution in [0.4, 0.5) is 0 Å². The summed E-state index contributed by atoms with van der Waals surface area (Å²) < 4.78 is 0. The molecule has 18 heavy (non-hydrogen) atoms. The quantitative estimate of drug-likeness (QED) is 0.788. The van der Waals surface area contributed by atoms with Crippen LogP contribution in [0.1, 0.15) is 18.1 Å². The summed E-state index contributed by atoms with van der Waals surface area (Å²) in [5, 5.41) is 3.40. The first-order valence-electron chi connectivity index (χ1n) is 6.38. The Kier molecular flexibility index (Phi) is 4.13. The van der Waals surface area contributed by atoms with Gasteiger partial charge in [0.05, 0.1) is 5.66 Å². The van der Waals surface area contributed by atoms with Crippen LogP contribution in [0.3, 0.4) is 0 Å². The Morgan fingerprint density at radius 3 is 2.06 bits per heavy atom. The third-order valence-corrected chi connectivity index (χ3v) is 3.11. The number of nitrogens with one attached hydrogen (secondary N) is 1. The largest absolute Gasteiger partial charge is 0.309 e. The van der Waals surface area contributed by atoms with Gasteiger partial charge in [-0.05, 0) is 17.7 Å². The van der Waals surface area contributed by atoms with E-state index in [1.54, 1.807) is 0 Å². The average molecular weight is 240 g/mol. The van der Waals surface area contributed by atoms with Gasteiger partial charge in [0.1, 0.15) is 0 Å². The first-order valence-corrected chi connectivity index (χ1v) is 6.38. The van der Waals surface area contributed by atoms with E-state index in [1.807, 2.05) is 36.4 Å². The van der Waals surface area contributed by atoms with Crippen LogP contribution in [0.25, 0.3) is 0 Å². The van der Waals surface area contributed by atoms with Crippen molar-refractivity contribution in [1.82, 2.24) is 5.32 Å². The molecule has 0 saturated carbocycles. The Morgan fingerprint density at radius 2 is 1.50 bits per heavy atom. The zero-order valence-corrected chi connectivity index (χ0v) is 10.8. The fourth-order valence-corrected chi connectivity index (χ4v) is 2.24. The summed E-state index contributed by atoms with van der Waals surface area (Å²) in [5.41, 5.74) is 8.41. The molecular weight excluding hydrogens is 220 g/mol. The molecule has 0 spiro atoms. The van der Waals surface area contributed by atoms with Gasteiger partial charge in [-0.15, -0.1) is 0 Å². The number of nitrogens with two attached hydrogens (primary N) is 1. The van der Waals surface area contributed by atoms with Crippen LogP contribution in [-0.4, -0.2) is 6.54 Å². The summed E-state index contributed by atoms with van der Waals surface area (Å²) in [4.78, 5) is 0. The monoisotopic (exact) mass is 240 g/mol. The first-order chi connectivity index (χ1) is 8.74. The second-order valence-electron chi connectivity index (χ2n) is 4.53. The van der Waals surface area contributed by atoms with Gasteiger partial charge in [0.2, 0.25) is 0 Å². The summed E-state index contributed by atoms with van der Waals surface area (Å²) in [7, 11) is 0. The molecule has 2 aromatic carbocycles. The van der Waals surface area contributed by atoms with Gasteiger partial charge in [0.15, 0.2) is 0 Å². The molecule has 0 radical (unpaired) electrons. The summed E-state index contributed by atoms with van der Waals surface area (Å²) in [5.74, 6) is 0. The maximum atomic E-state index is 6.55. The minimum absolute atomic E-state index is 0.503. The van der Waals surface area contributed by atoms with Crippen molar-refractivity contribution in [2.24, 2.45) is 5.73 Å². The fraction of sp³-hybridized carbons (Fsp3) is 0.250. The van der Waals surface area contributed by atoms with E-state index < -0.39 is 5.66 Å². The Balaban J connectivity index is 2.27. The molecule has 2 heteroatoms. The lowest BCUT2D eigenvalue weighted by atomic mass is 9.92. The second kappa shape index (κ2) is 5.80. The lowest BCUT2D eigenvalue weighted by Gasteiger charge is -2.31. The molecule has 0 aliphatic carbocycles. The highest BCUT2D eigenvalue weighted by atomic mass is 15.1. The Hall–Kier alpha value is -1.64. The van der Waals surface area contributed by atoms with E-state index in [-0.39, 0.29) is 0 Å². The molecule has 3 N–H and O–H groups in total. The molecule has 0 bridgehead atoms. The van der Waals surface area contributed by atoms with E-state index in [4.69, 9.17) is 5.73 Å². The van der Waals surface area contributed by atoms with Crippen LogP contribution in [0, 0.1) is 0 Å². The van der Waals surface area contributed by atoms with Gasteiger partial charge < -0.3 is 5.73 Å². The van der Waals surface area contributed by atoms with Crippen molar-refractivity contribution in [3.63, 3.8) is 0 Å². The van der Waals surface area contributed by atoms with Gasteiger partial charge >= 0.3 is 0 Å². The maximum absolute atomic E-state index is 6.55. The van der Waals surface area contributed by atoms with Crippen LogP contribution in [0.5, 0.6) is 0 Å². The van der Waals surface area contributed by atoms with Crippen molar-refractivity contribution in [3.05, 3.63) is 71.8 Å². The summed E-state index contributed by atoms with van der Waals surface area (Å²) in [6.45, 7) is 2.92. The van der Waals surface area contributed by atoms with E-state index in [2.05, 4.69) is 36.5 Å². The highest BCUT2D eigenvalue weighted by molar-refractivity contribution is 5.27. The Morgan fingerprint density at radius 1 is 0.944 bits per heavy atom. The molecule has 2 aromatic rings. The smallest absolute Gasteiger partial charge is 0.0965 e. The first kappa shape index (κ1) is 12.8. The molecule has 0 fully saturated rings. The van der Waals surface area contributed by atoms with E-state index in [9.17, 15) is 0 Å². The number of hydrogen-bond acceptors (Lipinski definition) is 2. The predicted molar refractivity (Wildman–Crippen MR) is 76.1 cm³/mol. The van der Waals surface area contributed by atoms with Crippen molar-refractivity contribution in [2.45, 2.75) is 19.0 Å². The molecule has 0 saturated heterocycles. The highest BCUT2D eigenvalue weighted by Gasteiger charge is 2.25. The molecule has 2 nitrogen and oxygen atoms in total. The number of hydrogen-bond donors (Lipinski definition) is 2. The zero-order valence-electron chi connectivity index (χ0n) is 10.8. The molecule has 0 aliphatic heterocycles. The number of rotatable bonds is 5. The fourth-order valence-electron chi connectivity index (χ4n) is 2.24. The molecule has 1 unspecified atom stereocenters.